The molecule has 118 valence electrons. The minimum atomic E-state index is -0.647. The van der Waals surface area contributed by atoms with Crippen LogP contribution < -0.4 is 0 Å². The van der Waals surface area contributed by atoms with Crippen LogP contribution in [-0.4, -0.2) is 34.6 Å². The molecular formula is C17H32O3. The molecule has 2 N–H and O–H groups in total. The van der Waals surface area contributed by atoms with E-state index in [-0.39, 0.29) is 12.2 Å². The van der Waals surface area contributed by atoms with E-state index in [0.717, 1.165) is 19.3 Å². The normalized spacial score (nSPS) is 39.6. The second kappa shape index (κ2) is 6.33. The summed E-state index contributed by atoms with van der Waals surface area (Å²) in [5, 5.41) is 20.0. The van der Waals surface area contributed by atoms with E-state index in [4.69, 9.17) is 4.74 Å². The molecule has 2 saturated carbocycles. The second-order valence-electron chi connectivity index (χ2n) is 7.74. The van der Waals surface area contributed by atoms with Crippen molar-refractivity contribution in [1.82, 2.24) is 0 Å². The van der Waals surface area contributed by atoms with Gasteiger partial charge in [0.25, 0.3) is 0 Å². The van der Waals surface area contributed by atoms with E-state index < -0.39 is 5.60 Å². The maximum Gasteiger partial charge on any atom is 0.0613 e. The fourth-order valence-electron chi connectivity index (χ4n) is 4.39. The number of ether oxygens (including phenoxy) is 1. The van der Waals surface area contributed by atoms with Crippen LogP contribution in [0.15, 0.2) is 0 Å². The molecule has 3 heteroatoms. The molecule has 3 nitrogen and oxygen atoms in total. The highest BCUT2D eigenvalue weighted by Crippen LogP contribution is 2.50. The molecule has 0 saturated heterocycles. The van der Waals surface area contributed by atoms with Crippen molar-refractivity contribution in [3.63, 3.8) is 0 Å². The maximum atomic E-state index is 10.2. The minimum Gasteiger partial charge on any atom is -0.393 e. The molecular weight excluding hydrogens is 252 g/mol. The summed E-state index contributed by atoms with van der Waals surface area (Å²) in [5.74, 6) is 2.39. The van der Waals surface area contributed by atoms with Gasteiger partial charge in [0.2, 0.25) is 0 Å². The molecule has 2 fully saturated rings. The van der Waals surface area contributed by atoms with Gasteiger partial charge in [0.05, 0.1) is 17.8 Å². The van der Waals surface area contributed by atoms with Crippen molar-refractivity contribution in [2.75, 3.05) is 6.61 Å². The van der Waals surface area contributed by atoms with Gasteiger partial charge in [-0.15, -0.1) is 0 Å². The van der Waals surface area contributed by atoms with Crippen molar-refractivity contribution in [2.45, 2.75) is 77.6 Å². The average Bonchev–Trinajstić information content (AvgIpc) is 2.78. The fraction of sp³-hybridized carbons (Fsp3) is 1.00. The van der Waals surface area contributed by atoms with E-state index in [1.165, 1.54) is 6.42 Å². The molecule has 2 rings (SSSR count). The van der Waals surface area contributed by atoms with Crippen molar-refractivity contribution in [3.05, 3.63) is 0 Å². The molecule has 0 aromatic rings. The van der Waals surface area contributed by atoms with Crippen LogP contribution in [0.4, 0.5) is 0 Å². The standard InChI is InChI=1S/C17H32O3/c1-11-5-8-15(18)14-7-6-13(16(11)14)12(2)20-10-9-17(3,4)19/h11-16,18-19H,5-10H2,1-4H3/t11-,12+,13?,14?,15?,16?/m0/s1. The van der Waals surface area contributed by atoms with Gasteiger partial charge in [-0.3, -0.25) is 0 Å². The van der Waals surface area contributed by atoms with Crippen LogP contribution in [0.1, 0.15) is 59.8 Å². The van der Waals surface area contributed by atoms with Crippen molar-refractivity contribution in [3.8, 4) is 0 Å². The van der Waals surface area contributed by atoms with Crippen LogP contribution in [0.5, 0.6) is 0 Å². The maximum absolute atomic E-state index is 10.2. The first kappa shape index (κ1) is 16.3. The predicted octanol–water partition coefficient (Wildman–Crippen LogP) is 2.99. The van der Waals surface area contributed by atoms with Crippen molar-refractivity contribution >= 4 is 0 Å². The highest BCUT2D eigenvalue weighted by Gasteiger charge is 2.47. The second-order valence-corrected chi connectivity index (χ2v) is 7.74. The van der Waals surface area contributed by atoms with Gasteiger partial charge in [-0.25, -0.2) is 0 Å². The molecule has 0 heterocycles. The first-order valence-electron chi connectivity index (χ1n) is 8.31. The Hall–Kier alpha value is -0.120. The Morgan fingerprint density at radius 2 is 1.90 bits per heavy atom. The third kappa shape index (κ3) is 3.75. The molecule has 2 aliphatic carbocycles. The Labute approximate surface area is 123 Å². The van der Waals surface area contributed by atoms with E-state index in [1.807, 2.05) is 13.8 Å². The van der Waals surface area contributed by atoms with Crippen LogP contribution in [0, 0.1) is 23.7 Å². The van der Waals surface area contributed by atoms with Crippen molar-refractivity contribution in [2.24, 2.45) is 23.7 Å². The zero-order valence-electron chi connectivity index (χ0n) is 13.5. The summed E-state index contributed by atoms with van der Waals surface area (Å²) in [4.78, 5) is 0. The summed E-state index contributed by atoms with van der Waals surface area (Å²) in [6.45, 7) is 8.78. The first-order valence-corrected chi connectivity index (χ1v) is 8.31. The van der Waals surface area contributed by atoms with E-state index in [2.05, 4.69) is 13.8 Å². The van der Waals surface area contributed by atoms with Gasteiger partial charge in [-0.05, 0) is 76.5 Å². The number of aliphatic hydroxyl groups is 2. The molecule has 0 aliphatic heterocycles. The van der Waals surface area contributed by atoms with Crippen LogP contribution in [0.2, 0.25) is 0 Å². The highest BCUT2D eigenvalue weighted by molar-refractivity contribution is 4.96. The van der Waals surface area contributed by atoms with Crippen LogP contribution in [0.25, 0.3) is 0 Å². The average molecular weight is 284 g/mol. The van der Waals surface area contributed by atoms with E-state index >= 15 is 0 Å². The summed E-state index contributed by atoms with van der Waals surface area (Å²) >= 11 is 0. The van der Waals surface area contributed by atoms with Crippen molar-refractivity contribution < 1.29 is 14.9 Å². The molecule has 0 radical (unpaired) electrons. The smallest absolute Gasteiger partial charge is 0.0613 e. The van der Waals surface area contributed by atoms with Gasteiger partial charge in [0.1, 0.15) is 0 Å². The molecule has 6 atom stereocenters. The van der Waals surface area contributed by atoms with Crippen LogP contribution in [-0.2, 0) is 4.74 Å². The number of hydrogen-bond donors (Lipinski definition) is 2. The SMILES string of the molecule is C[C@H]1CCC(O)C2CCC([C@@H](C)OCCC(C)(C)O)C21. The van der Waals surface area contributed by atoms with Gasteiger partial charge in [0.15, 0.2) is 0 Å². The molecule has 0 spiro atoms. The molecule has 0 amide bonds. The largest absolute Gasteiger partial charge is 0.393 e. The lowest BCUT2D eigenvalue weighted by molar-refractivity contribution is -0.0493. The lowest BCUT2D eigenvalue weighted by Crippen LogP contribution is -2.39. The molecule has 20 heavy (non-hydrogen) atoms. The predicted molar refractivity (Wildman–Crippen MR) is 80.4 cm³/mol. The molecule has 0 bridgehead atoms. The first-order chi connectivity index (χ1) is 9.29. The van der Waals surface area contributed by atoms with Gasteiger partial charge >= 0.3 is 0 Å². The van der Waals surface area contributed by atoms with Crippen molar-refractivity contribution in [1.29, 1.82) is 0 Å². The lowest BCUT2D eigenvalue weighted by Gasteiger charge is -2.40. The van der Waals surface area contributed by atoms with E-state index in [1.54, 1.807) is 0 Å². The Morgan fingerprint density at radius 1 is 1.20 bits per heavy atom. The highest BCUT2D eigenvalue weighted by atomic mass is 16.5. The topological polar surface area (TPSA) is 49.7 Å². The van der Waals surface area contributed by atoms with Crippen LogP contribution in [0.3, 0.4) is 0 Å². The van der Waals surface area contributed by atoms with E-state index in [9.17, 15) is 10.2 Å². The third-order valence-corrected chi connectivity index (χ3v) is 5.59. The van der Waals surface area contributed by atoms with Gasteiger partial charge in [-0.1, -0.05) is 6.92 Å². The quantitative estimate of drug-likeness (QED) is 0.816. The monoisotopic (exact) mass is 284 g/mol. The zero-order valence-corrected chi connectivity index (χ0v) is 13.5. The summed E-state index contributed by atoms with van der Waals surface area (Å²) in [7, 11) is 0. The molecule has 0 aromatic carbocycles. The van der Waals surface area contributed by atoms with Gasteiger partial charge in [-0.2, -0.15) is 0 Å². The number of aliphatic hydroxyl groups excluding tert-OH is 1. The van der Waals surface area contributed by atoms with E-state index in [0.29, 0.717) is 36.7 Å². The summed E-state index contributed by atoms with van der Waals surface area (Å²) in [5.41, 5.74) is -0.647. The Kier molecular flexibility index (Phi) is 5.14. The Morgan fingerprint density at radius 3 is 2.55 bits per heavy atom. The molecule has 0 aromatic heterocycles. The number of rotatable bonds is 5. The van der Waals surface area contributed by atoms with Gasteiger partial charge in [0, 0.05) is 6.61 Å². The lowest BCUT2D eigenvalue weighted by atomic mass is 9.69. The van der Waals surface area contributed by atoms with Gasteiger partial charge < -0.3 is 14.9 Å². The Bertz CT molecular complexity index is 310. The number of fused-ring (bicyclic) bond motifs is 1. The molecule has 4 unspecified atom stereocenters. The minimum absolute atomic E-state index is 0.0928. The summed E-state index contributed by atoms with van der Waals surface area (Å²) in [6, 6.07) is 0. The summed E-state index contributed by atoms with van der Waals surface area (Å²) in [6.07, 6.45) is 5.28. The zero-order chi connectivity index (χ0) is 14.9. The summed E-state index contributed by atoms with van der Waals surface area (Å²) < 4.78 is 5.99. The Balaban J connectivity index is 1.88. The number of hydrogen-bond acceptors (Lipinski definition) is 3. The third-order valence-electron chi connectivity index (χ3n) is 5.59. The fourth-order valence-corrected chi connectivity index (χ4v) is 4.39. The molecule has 2 aliphatic rings. The van der Waals surface area contributed by atoms with Crippen LogP contribution >= 0.6 is 0 Å².